The average molecular weight is 340 g/mol. The summed E-state index contributed by atoms with van der Waals surface area (Å²) in [6.07, 6.45) is -0.798. The van der Waals surface area contributed by atoms with Crippen LogP contribution in [0, 0.1) is 0 Å². The molecule has 1 rings (SSSR count). The van der Waals surface area contributed by atoms with Crippen molar-refractivity contribution in [2.24, 2.45) is 0 Å². The number of rotatable bonds is 2. The van der Waals surface area contributed by atoms with Crippen LogP contribution in [0.25, 0.3) is 0 Å². The predicted octanol–water partition coefficient (Wildman–Crippen LogP) is 2.27. The summed E-state index contributed by atoms with van der Waals surface area (Å²) >= 11 is 3.06. The molecule has 0 aliphatic carbocycles. The Hall–Kier alpha value is -0.850. The summed E-state index contributed by atoms with van der Waals surface area (Å²) in [4.78, 5) is 24.7. The zero-order chi connectivity index (χ0) is 14.8. The maximum absolute atomic E-state index is 14.3. The second kappa shape index (κ2) is 5.64. The highest BCUT2D eigenvalue weighted by molar-refractivity contribution is 9.09. The molecule has 110 valence electrons. The number of halogens is 2. The van der Waals surface area contributed by atoms with E-state index in [-0.39, 0.29) is 18.3 Å². The van der Waals surface area contributed by atoms with Gasteiger partial charge < -0.3 is 9.47 Å². The zero-order valence-corrected chi connectivity index (χ0v) is 13.1. The number of hydrogen-bond acceptors (Lipinski definition) is 4. The molecule has 0 radical (unpaired) electrons. The van der Waals surface area contributed by atoms with Crippen molar-refractivity contribution in [3.05, 3.63) is 0 Å². The summed E-state index contributed by atoms with van der Waals surface area (Å²) in [5.41, 5.74) is -2.34. The molecule has 5 nitrogen and oxygen atoms in total. The maximum atomic E-state index is 14.3. The Morgan fingerprint density at radius 1 is 1.47 bits per heavy atom. The average Bonchev–Trinajstić information content (AvgIpc) is 2.65. The highest BCUT2D eigenvalue weighted by Gasteiger charge is 2.50. The minimum atomic E-state index is -1.64. The van der Waals surface area contributed by atoms with Crippen LogP contribution in [-0.4, -0.2) is 53.3 Å². The molecule has 1 saturated heterocycles. The molecule has 0 aromatic rings. The molecular weight excluding hydrogens is 321 g/mol. The molecule has 0 aromatic heterocycles. The minimum absolute atomic E-state index is 0.0484. The molecule has 1 fully saturated rings. The van der Waals surface area contributed by atoms with Crippen molar-refractivity contribution in [1.82, 2.24) is 4.90 Å². The minimum Gasteiger partial charge on any atom is -0.467 e. The molecule has 1 aliphatic heterocycles. The Balaban J connectivity index is 2.89. The lowest BCUT2D eigenvalue weighted by Crippen LogP contribution is -2.44. The van der Waals surface area contributed by atoms with E-state index in [0.717, 1.165) is 4.90 Å². The largest absolute Gasteiger partial charge is 0.467 e. The van der Waals surface area contributed by atoms with Gasteiger partial charge in [0.2, 0.25) is 0 Å². The summed E-state index contributed by atoms with van der Waals surface area (Å²) < 4.78 is 24.1. The summed E-state index contributed by atoms with van der Waals surface area (Å²) in [5.74, 6) is -0.633. The molecule has 1 amide bonds. The number of carbonyl (C=O) groups excluding carboxylic acids is 2. The van der Waals surface area contributed by atoms with Crippen LogP contribution in [0.3, 0.4) is 0 Å². The Morgan fingerprint density at radius 3 is 2.47 bits per heavy atom. The fraction of sp³-hybridized carbons (Fsp3) is 0.833. The molecule has 0 aromatic carbocycles. The van der Waals surface area contributed by atoms with Crippen LogP contribution in [0.2, 0.25) is 0 Å². The fourth-order valence-electron chi connectivity index (χ4n) is 1.89. The SMILES string of the molecule is COC(=O)C1C[C@](F)(CBr)CN1C(=O)OC(C)(C)C. The number of alkyl halides is 2. The van der Waals surface area contributed by atoms with Crippen molar-refractivity contribution in [1.29, 1.82) is 0 Å². The molecule has 1 heterocycles. The number of hydrogen-bond donors (Lipinski definition) is 0. The van der Waals surface area contributed by atoms with Gasteiger partial charge in [-0.25, -0.2) is 14.0 Å². The van der Waals surface area contributed by atoms with Crippen LogP contribution in [0.4, 0.5) is 9.18 Å². The molecule has 0 N–H and O–H groups in total. The molecule has 7 heteroatoms. The Labute approximate surface area is 120 Å². The second-order valence-corrected chi connectivity index (χ2v) is 6.20. The van der Waals surface area contributed by atoms with Gasteiger partial charge in [-0.1, -0.05) is 15.9 Å². The maximum Gasteiger partial charge on any atom is 0.411 e. The second-order valence-electron chi connectivity index (χ2n) is 5.64. The van der Waals surface area contributed by atoms with Gasteiger partial charge in [0.15, 0.2) is 0 Å². The third-order valence-electron chi connectivity index (χ3n) is 2.73. The van der Waals surface area contributed by atoms with Gasteiger partial charge in [-0.3, -0.25) is 4.90 Å². The van der Waals surface area contributed by atoms with E-state index in [1.807, 2.05) is 0 Å². The monoisotopic (exact) mass is 339 g/mol. The van der Waals surface area contributed by atoms with Gasteiger partial charge >= 0.3 is 12.1 Å². The van der Waals surface area contributed by atoms with Gasteiger partial charge in [-0.05, 0) is 20.8 Å². The van der Waals surface area contributed by atoms with E-state index < -0.39 is 29.4 Å². The summed E-state index contributed by atoms with van der Waals surface area (Å²) in [6.45, 7) is 4.94. The molecular formula is C12H19BrFNO4. The third-order valence-corrected chi connectivity index (χ3v) is 3.73. The van der Waals surface area contributed by atoms with Gasteiger partial charge in [0.05, 0.1) is 13.7 Å². The van der Waals surface area contributed by atoms with E-state index in [1.54, 1.807) is 20.8 Å². The Kier molecular flexibility index (Phi) is 4.81. The van der Waals surface area contributed by atoms with E-state index in [2.05, 4.69) is 20.7 Å². The van der Waals surface area contributed by atoms with Crippen LogP contribution >= 0.6 is 15.9 Å². The van der Waals surface area contributed by atoms with Crippen LogP contribution in [0.5, 0.6) is 0 Å². The van der Waals surface area contributed by atoms with Crippen molar-refractivity contribution in [3.8, 4) is 0 Å². The number of nitrogens with zero attached hydrogens (tertiary/aromatic N) is 1. The number of methoxy groups -OCH3 is 1. The quantitative estimate of drug-likeness (QED) is 0.572. The van der Waals surface area contributed by atoms with Gasteiger partial charge in [-0.15, -0.1) is 0 Å². The Bertz CT molecular complexity index is 371. The topological polar surface area (TPSA) is 55.8 Å². The van der Waals surface area contributed by atoms with Gasteiger partial charge in [0.25, 0.3) is 0 Å². The molecule has 1 unspecified atom stereocenters. The fourth-order valence-corrected chi connectivity index (χ4v) is 2.30. The molecule has 0 saturated carbocycles. The lowest BCUT2D eigenvalue weighted by molar-refractivity contribution is -0.145. The van der Waals surface area contributed by atoms with Gasteiger partial charge in [0.1, 0.15) is 17.3 Å². The van der Waals surface area contributed by atoms with Crippen LogP contribution in [0.1, 0.15) is 27.2 Å². The number of likely N-dealkylation sites (tertiary alicyclic amines) is 1. The first-order valence-corrected chi connectivity index (χ1v) is 7.06. The number of esters is 1. The van der Waals surface area contributed by atoms with Crippen molar-refractivity contribution < 1.29 is 23.5 Å². The van der Waals surface area contributed by atoms with E-state index >= 15 is 0 Å². The third kappa shape index (κ3) is 4.06. The molecule has 2 atom stereocenters. The normalized spacial score (nSPS) is 27.3. The predicted molar refractivity (Wildman–Crippen MR) is 71.0 cm³/mol. The molecule has 0 bridgehead atoms. The highest BCUT2D eigenvalue weighted by atomic mass is 79.9. The van der Waals surface area contributed by atoms with Crippen molar-refractivity contribution in [3.63, 3.8) is 0 Å². The van der Waals surface area contributed by atoms with E-state index in [0.29, 0.717) is 0 Å². The first kappa shape index (κ1) is 16.2. The zero-order valence-electron chi connectivity index (χ0n) is 11.5. The number of carbonyl (C=O) groups is 2. The lowest BCUT2D eigenvalue weighted by atomic mass is 10.1. The van der Waals surface area contributed by atoms with Gasteiger partial charge in [-0.2, -0.15) is 0 Å². The summed E-state index contributed by atoms with van der Waals surface area (Å²) in [7, 11) is 1.21. The highest BCUT2D eigenvalue weighted by Crippen LogP contribution is 2.33. The smallest absolute Gasteiger partial charge is 0.411 e. The van der Waals surface area contributed by atoms with Crippen molar-refractivity contribution in [2.45, 2.75) is 44.5 Å². The van der Waals surface area contributed by atoms with E-state index in [4.69, 9.17) is 4.74 Å². The van der Waals surface area contributed by atoms with Crippen molar-refractivity contribution >= 4 is 28.0 Å². The lowest BCUT2D eigenvalue weighted by Gasteiger charge is -2.27. The first-order chi connectivity index (χ1) is 8.62. The van der Waals surface area contributed by atoms with E-state index in [9.17, 15) is 14.0 Å². The molecule has 1 aliphatic rings. The van der Waals surface area contributed by atoms with Crippen LogP contribution in [-0.2, 0) is 14.3 Å². The van der Waals surface area contributed by atoms with Gasteiger partial charge in [0, 0.05) is 11.8 Å². The van der Waals surface area contributed by atoms with Crippen LogP contribution in [0.15, 0.2) is 0 Å². The van der Waals surface area contributed by atoms with E-state index in [1.165, 1.54) is 7.11 Å². The van der Waals surface area contributed by atoms with Crippen LogP contribution < -0.4 is 0 Å². The Morgan fingerprint density at radius 2 is 2.05 bits per heavy atom. The number of ether oxygens (including phenoxy) is 2. The number of amides is 1. The molecule has 19 heavy (non-hydrogen) atoms. The van der Waals surface area contributed by atoms with Crippen molar-refractivity contribution in [2.75, 3.05) is 19.0 Å². The standard InChI is InChI=1S/C12H19BrFNO4/c1-11(2,3)19-10(17)15-7-12(14,6-13)5-8(15)9(16)18-4/h8H,5-7H2,1-4H3/t8?,12-/m0/s1. The molecule has 0 spiro atoms. The summed E-state index contributed by atoms with van der Waals surface area (Å²) in [6, 6.07) is -0.942. The first-order valence-electron chi connectivity index (χ1n) is 5.94. The summed E-state index contributed by atoms with van der Waals surface area (Å²) in [5, 5.41) is 0.0484.